The second-order valence-corrected chi connectivity index (χ2v) is 14.6. The zero-order valence-corrected chi connectivity index (χ0v) is 26.2. The highest BCUT2D eigenvalue weighted by Crippen LogP contribution is 2.67. The number of phenolic OH excluding ortho intramolecular Hbond substituents is 1. The van der Waals surface area contributed by atoms with Gasteiger partial charge in [-0.2, -0.15) is 0 Å². The van der Waals surface area contributed by atoms with Crippen LogP contribution in [-0.2, 0) is 12.8 Å². The summed E-state index contributed by atoms with van der Waals surface area (Å²) in [6.45, 7) is 9.15. The lowest BCUT2D eigenvalue weighted by Crippen LogP contribution is -2.54. The molecule has 0 spiro atoms. The normalized spacial score (nSPS) is 35.2. The lowest BCUT2D eigenvalue weighted by Gasteiger charge is -2.58. The number of aryl methyl sites for hydroxylation is 1. The van der Waals surface area contributed by atoms with Crippen molar-refractivity contribution in [1.29, 1.82) is 0 Å². The number of hydrogen-bond donors (Lipinski definition) is 2. The molecule has 5 aliphatic rings. The summed E-state index contributed by atoms with van der Waals surface area (Å²) in [6, 6.07) is 3.12. The fourth-order valence-electron chi connectivity index (χ4n) is 9.65. The molecule has 2 aromatic heterocycles. The molecular weight excluding hydrogens is 554 g/mol. The van der Waals surface area contributed by atoms with Crippen LogP contribution in [0.3, 0.4) is 0 Å². The fraction of sp³-hybridized carbons (Fsp3) is 0.568. The van der Waals surface area contributed by atoms with E-state index in [9.17, 15) is 15.0 Å². The van der Waals surface area contributed by atoms with Gasteiger partial charge < -0.3 is 23.9 Å². The highest BCUT2D eigenvalue weighted by molar-refractivity contribution is 5.87. The van der Waals surface area contributed by atoms with E-state index in [0.717, 1.165) is 50.7 Å². The van der Waals surface area contributed by atoms with Gasteiger partial charge in [-0.15, -0.1) is 6.42 Å². The van der Waals surface area contributed by atoms with E-state index in [-0.39, 0.29) is 27.4 Å². The Kier molecular flexibility index (Phi) is 6.82. The maximum absolute atomic E-state index is 12.0. The molecule has 0 amide bonds. The van der Waals surface area contributed by atoms with Crippen molar-refractivity contribution in [1.82, 2.24) is 5.16 Å². The Bertz CT molecular complexity index is 1760. The van der Waals surface area contributed by atoms with Crippen LogP contribution in [0.5, 0.6) is 11.5 Å². The Morgan fingerprint density at radius 3 is 2.68 bits per heavy atom. The summed E-state index contributed by atoms with van der Waals surface area (Å²) < 4.78 is 16.7. The van der Waals surface area contributed by atoms with Gasteiger partial charge in [-0.25, -0.2) is 0 Å². The van der Waals surface area contributed by atoms with Crippen LogP contribution in [0.15, 0.2) is 37.6 Å². The summed E-state index contributed by atoms with van der Waals surface area (Å²) in [5, 5.41) is 25.7. The van der Waals surface area contributed by atoms with E-state index in [4.69, 9.17) is 20.1 Å². The molecule has 7 nitrogen and oxygen atoms in total. The number of fused-ring (bicyclic) bond motifs is 8. The molecule has 7 heteroatoms. The van der Waals surface area contributed by atoms with Gasteiger partial charge in [0.25, 0.3) is 0 Å². The number of allylic oxidation sites excluding steroid dienone is 1. The first kappa shape index (κ1) is 29.2. The van der Waals surface area contributed by atoms with Gasteiger partial charge in [0.05, 0.1) is 12.8 Å². The quantitative estimate of drug-likeness (QED) is 0.269. The smallest absolute Gasteiger partial charge is 0.196 e. The summed E-state index contributed by atoms with van der Waals surface area (Å²) in [5.74, 6) is 7.23. The monoisotopic (exact) mass is 597 g/mol. The van der Waals surface area contributed by atoms with E-state index in [2.05, 4.69) is 37.9 Å². The molecule has 232 valence electrons. The molecule has 7 atom stereocenters. The fourth-order valence-corrected chi connectivity index (χ4v) is 9.65. The number of ether oxygens (including phenoxy) is 1. The van der Waals surface area contributed by atoms with Crippen LogP contribution < -0.4 is 10.2 Å². The van der Waals surface area contributed by atoms with Gasteiger partial charge in [0.2, 0.25) is 0 Å². The van der Waals surface area contributed by atoms with Crippen LogP contribution in [-0.4, -0.2) is 27.6 Å². The van der Waals surface area contributed by atoms with Crippen molar-refractivity contribution in [2.24, 2.45) is 34.5 Å². The molecule has 0 radical (unpaired) electrons. The summed E-state index contributed by atoms with van der Waals surface area (Å²) >= 11 is 0. The average molecular weight is 598 g/mol. The number of benzene rings is 1. The molecular formula is C37H43NO6. The first-order valence-corrected chi connectivity index (χ1v) is 16.2. The highest BCUT2D eigenvalue weighted by Gasteiger charge is 2.63. The van der Waals surface area contributed by atoms with E-state index in [1.807, 2.05) is 6.20 Å². The number of nitrogens with zero attached hydrogens (tertiary/aromatic N) is 1. The largest absolute Gasteiger partial charge is 0.507 e. The standard InChI is InChI=1S/C22H27NO2.C15H16O4/c1-4-22(24)10-8-18-16-6-5-15-11-19-14(13-23-25-19)12-20(15,2)17(16)7-9-21(18,22)3;1-8-3-4-10-12(18-7-8)6-13-14(15(10)17)11(16)5-9(2)19-13/h1,11,13,16-18,24H,5-10,12H2,2-3H3;5-6,8,17H,3-4,7H2,1-2H3. The molecule has 1 aromatic carbocycles. The first-order chi connectivity index (χ1) is 21.0. The van der Waals surface area contributed by atoms with Crippen LogP contribution in [0, 0.1) is 53.8 Å². The minimum absolute atomic E-state index is 0.00958. The number of aromatic nitrogens is 1. The number of aromatic hydroxyl groups is 1. The van der Waals surface area contributed by atoms with Gasteiger partial charge in [0, 0.05) is 28.7 Å². The number of rotatable bonds is 0. The predicted octanol–water partition coefficient (Wildman–Crippen LogP) is 6.99. The highest BCUT2D eigenvalue weighted by atomic mass is 16.5. The van der Waals surface area contributed by atoms with Crippen molar-refractivity contribution in [3.63, 3.8) is 0 Å². The zero-order valence-electron chi connectivity index (χ0n) is 26.2. The molecule has 3 saturated carbocycles. The number of aliphatic hydroxyl groups is 1. The SMILES string of the molecule is C#CC1(O)CCC2C3CCC4=Cc5oncc5CC4(C)C3CCC21C.Cc1cc(=O)c2c(O)c3c(cc2o1)OCC(C)CC3. The average Bonchev–Trinajstić information content (AvgIpc) is 3.48. The Balaban J connectivity index is 0.000000148. The third kappa shape index (κ3) is 4.28. The van der Waals surface area contributed by atoms with Crippen molar-refractivity contribution in [2.75, 3.05) is 6.61 Å². The number of hydrogen-bond acceptors (Lipinski definition) is 7. The van der Waals surface area contributed by atoms with Crippen molar-refractivity contribution in [3.05, 3.63) is 56.8 Å². The van der Waals surface area contributed by atoms with Gasteiger partial charge in [0.15, 0.2) is 11.2 Å². The van der Waals surface area contributed by atoms with E-state index >= 15 is 0 Å². The van der Waals surface area contributed by atoms with E-state index in [1.54, 1.807) is 18.6 Å². The van der Waals surface area contributed by atoms with Gasteiger partial charge in [-0.3, -0.25) is 4.79 Å². The van der Waals surface area contributed by atoms with Crippen molar-refractivity contribution >= 4 is 17.0 Å². The maximum Gasteiger partial charge on any atom is 0.196 e. The second kappa shape index (κ2) is 10.3. The molecule has 0 saturated heterocycles. The third-order valence-corrected chi connectivity index (χ3v) is 12.3. The summed E-state index contributed by atoms with van der Waals surface area (Å²) in [7, 11) is 0. The van der Waals surface area contributed by atoms with Gasteiger partial charge >= 0.3 is 0 Å². The third-order valence-electron chi connectivity index (χ3n) is 12.3. The maximum atomic E-state index is 12.0. The Labute approximate surface area is 258 Å². The molecule has 2 N–H and O–H groups in total. The minimum atomic E-state index is -0.909. The van der Waals surface area contributed by atoms with E-state index < -0.39 is 5.60 Å². The van der Waals surface area contributed by atoms with E-state index in [1.165, 1.54) is 18.1 Å². The first-order valence-electron chi connectivity index (χ1n) is 16.2. The van der Waals surface area contributed by atoms with Gasteiger partial charge in [-0.1, -0.05) is 37.4 Å². The van der Waals surface area contributed by atoms with Crippen LogP contribution >= 0.6 is 0 Å². The molecule has 8 rings (SSSR count). The molecule has 7 unspecified atom stereocenters. The van der Waals surface area contributed by atoms with Crippen molar-refractivity contribution in [2.45, 2.75) is 91.1 Å². The lowest BCUT2D eigenvalue weighted by atomic mass is 9.46. The molecule has 3 fully saturated rings. The summed E-state index contributed by atoms with van der Waals surface area (Å²) in [5.41, 5.74) is 2.88. The van der Waals surface area contributed by atoms with Crippen molar-refractivity contribution < 1.29 is 23.9 Å². The summed E-state index contributed by atoms with van der Waals surface area (Å²) in [6.07, 6.45) is 19.0. The molecule has 0 bridgehead atoms. The Morgan fingerprint density at radius 2 is 1.89 bits per heavy atom. The van der Waals surface area contributed by atoms with Crippen LogP contribution in [0.1, 0.15) is 88.4 Å². The zero-order chi connectivity index (χ0) is 31.0. The van der Waals surface area contributed by atoms with Crippen LogP contribution in [0.4, 0.5) is 0 Å². The molecule has 1 aliphatic heterocycles. The summed E-state index contributed by atoms with van der Waals surface area (Å²) in [4.78, 5) is 12.0. The lowest BCUT2D eigenvalue weighted by molar-refractivity contribution is -0.0975. The number of terminal acetylenes is 1. The molecule has 4 aliphatic carbocycles. The second-order valence-electron chi connectivity index (χ2n) is 14.6. The topological polar surface area (TPSA) is 106 Å². The Morgan fingerprint density at radius 1 is 1.09 bits per heavy atom. The molecule has 3 heterocycles. The number of phenols is 1. The van der Waals surface area contributed by atoms with Gasteiger partial charge in [0.1, 0.15) is 33.8 Å². The van der Waals surface area contributed by atoms with Crippen LogP contribution in [0.25, 0.3) is 17.0 Å². The van der Waals surface area contributed by atoms with Gasteiger partial charge in [-0.05, 0) is 99.9 Å². The molecule has 3 aromatic rings. The van der Waals surface area contributed by atoms with Crippen molar-refractivity contribution in [3.8, 4) is 23.8 Å². The molecule has 44 heavy (non-hydrogen) atoms. The predicted molar refractivity (Wildman–Crippen MR) is 168 cm³/mol. The van der Waals surface area contributed by atoms with E-state index in [0.29, 0.717) is 59.4 Å². The van der Waals surface area contributed by atoms with Crippen LogP contribution in [0.2, 0.25) is 0 Å². The Hall–Kier alpha value is -3.50. The minimum Gasteiger partial charge on any atom is -0.507 e.